The van der Waals surface area contributed by atoms with E-state index in [-0.39, 0.29) is 23.5 Å². The van der Waals surface area contributed by atoms with Crippen molar-refractivity contribution < 1.29 is 9.90 Å². The van der Waals surface area contributed by atoms with Crippen molar-refractivity contribution in [2.75, 3.05) is 6.54 Å². The molecule has 4 heteroatoms. The molecule has 4 N–H and O–H groups in total. The minimum absolute atomic E-state index is 0.0991. The van der Waals surface area contributed by atoms with Crippen LogP contribution in [0.2, 0.25) is 0 Å². The van der Waals surface area contributed by atoms with Gasteiger partial charge in [-0.25, -0.2) is 0 Å². The summed E-state index contributed by atoms with van der Waals surface area (Å²) in [7, 11) is 0. The number of rotatable bonds is 6. The van der Waals surface area contributed by atoms with Gasteiger partial charge in [-0.3, -0.25) is 4.79 Å². The lowest BCUT2D eigenvalue weighted by molar-refractivity contribution is -0.129. The number of aliphatic hydroxyl groups excluding tert-OH is 1. The van der Waals surface area contributed by atoms with Gasteiger partial charge in [0, 0.05) is 17.9 Å². The summed E-state index contributed by atoms with van der Waals surface area (Å²) in [6.45, 7) is 4.67. The van der Waals surface area contributed by atoms with Crippen molar-refractivity contribution in [2.45, 2.75) is 58.1 Å². The second kappa shape index (κ2) is 5.64. The highest BCUT2D eigenvalue weighted by atomic mass is 16.3. The van der Waals surface area contributed by atoms with E-state index < -0.39 is 0 Å². The first-order valence-electron chi connectivity index (χ1n) is 6.16. The first kappa shape index (κ1) is 13.5. The average Bonchev–Trinajstić information content (AvgIpc) is 2.24. The second-order valence-corrected chi connectivity index (χ2v) is 5.29. The molecule has 1 amide bonds. The number of amides is 1. The van der Waals surface area contributed by atoms with Crippen LogP contribution < -0.4 is 11.1 Å². The van der Waals surface area contributed by atoms with Gasteiger partial charge in [-0.1, -0.05) is 20.3 Å². The molecule has 1 aliphatic rings. The largest absolute Gasteiger partial charge is 0.392 e. The molecule has 1 rings (SSSR count). The number of unbranched alkanes of at least 4 members (excludes halogenated alkanes) is 2. The van der Waals surface area contributed by atoms with Crippen LogP contribution in [0.1, 0.15) is 46.0 Å². The lowest BCUT2D eigenvalue weighted by Crippen LogP contribution is -2.61. The van der Waals surface area contributed by atoms with E-state index in [0.29, 0.717) is 19.4 Å². The van der Waals surface area contributed by atoms with Gasteiger partial charge in [-0.05, 0) is 25.8 Å². The van der Waals surface area contributed by atoms with Crippen LogP contribution >= 0.6 is 0 Å². The summed E-state index contributed by atoms with van der Waals surface area (Å²) in [6.07, 6.45) is 3.87. The third-order valence-electron chi connectivity index (χ3n) is 3.66. The first-order chi connectivity index (χ1) is 7.48. The molecule has 0 bridgehead atoms. The Labute approximate surface area is 97.6 Å². The second-order valence-electron chi connectivity index (χ2n) is 5.29. The van der Waals surface area contributed by atoms with Crippen molar-refractivity contribution in [3.05, 3.63) is 0 Å². The fourth-order valence-corrected chi connectivity index (χ4v) is 2.02. The number of nitrogens with one attached hydrogen (secondary N) is 1. The van der Waals surface area contributed by atoms with Gasteiger partial charge in [0.25, 0.3) is 0 Å². The molecule has 0 radical (unpaired) electrons. The molecule has 0 aromatic heterocycles. The molecular formula is C12H24N2O2. The number of aliphatic hydroxyl groups is 1. The Bertz CT molecular complexity index is 241. The lowest BCUT2D eigenvalue weighted by Gasteiger charge is -2.49. The van der Waals surface area contributed by atoms with Crippen LogP contribution in [-0.2, 0) is 4.79 Å². The van der Waals surface area contributed by atoms with Gasteiger partial charge in [0.1, 0.15) is 0 Å². The van der Waals surface area contributed by atoms with E-state index in [9.17, 15) is 9.90 Å². The smallest absolute Gasteiger partial charge is 0.220 e. The van der Waals surface area contributed by atoms with Crippen LogP contribution in [-0.4, -0.2) is 29.7 Å². The lowest BCUT2D eigenvalue weighted by atomic mass is 9.64. The van der Waals surface area contributed by atoms with Crippen molar-refractivity contribution in [1.82, 2.24) is 5.32 Å². The molecule has 4 nitrogen and oxygen atoms in total. The molecule has 1 aliphatic carbocycles. The highest BCUT2D eigenvalue weighted by molar-refractivity contribution is 5.76. The highest BCUT2D eigenvalue weighted by Gasteiger charge is 2.47. The molecule has 0 saturated heterocycles. The van der Waals surface area contributed by atoms with Gasteiger partial charge < -0.3 is 16.2 Å². The molecule has 1 saturated carbocycles. The summed E-state index contributed by atoms with van der Waals surface area (Å²) in [4.78, 5) is 11.6. The van der Waals surface area contributed by atoms with E-state index in [1.165, 1.54) is 0 Å². The minimum atomic E-state index is -0.282. The molecule has 1 fully saturated rings. The van der Waals surface area contributed by atoms with E-state index in [1.807, 2.05) is 13.8 Å². The van der Waals surface area contributed by atoms with Crippen LogP contribution in [0.4, 0.5) is 0 Å². The van der Waals surface area contributed by atoms with E-state index in [2.05, 4.69) is 5.32 Å². The zero-order valence-electron chi connectivity index (χ0n) is 10.3. The first-order valence-corrected chi connectivity index (χ1v) is 6.16. The minimum Gasteiger partial charge on any atom is -0.392 e. The van der Waals surface area contributed by atoms with Crippen LogP contribution in [0.15, 0.2) is 0 Å². The van der Waals surface area contributed by atoms with E-state index >= 15 is 0 Å². The standard InChI is InChI=1S/C12H24N2O2/c1-12(2)9(8-10(12)15)14-11(16)6-4-3-5-7-13/h9-10,15H,3-8,13H2,1-2H3,(H,14,16). The summed E-state index contributed by atoms with van der Waals surface area (Å²) in [6, 6.07) is 0.129. The SMILES string of the molecule is CC1(C)C(O)CC1NC(=O)CCCCCN. The average molecular weight is 228 g/mol. The normalized spacial score (nSPS) is 27.2. The maximum atomic E-state index is 11.6. The number of carbonyl (C=O) groups is 1. The zero-order valence-corrected chi connectivity index (χ0v) is 10.3. The maximum absolute atomic E-state index is 11.6. The molecular weight excluding hydrogens is 204 g/mol. The molecule has 0 aliphatic heterocycles. The van der Waals surface area contributed by atoms with Gasteiger partial charge in [0.15, 0.2) is 0 Å². The van der Waals surface area contributed by atoms with Gasteiger partial charge in [-0.2, -0.15) is 0 Å². The number of hydrogen-bond acceptors (Lipinski definition) is 3. The Morgan fingerprint density at radius 1 is 1.44 bits per heavy atom. The van der Waals surface area contributed by atoms with Crippen LogP contribution in [0.25, 0.3) is 0 Å². The van der Waals surface area contributed by atoms with Gasteiger partial charge in [0.05, 0.1) is 6.10 Å². The number of carbonyl (C=O) groups excluding carboxylic acids is 1. The third-order valence-corrected chi connectivity index (χ3v) is 3.66. The summed E-state index contributed by atoms with van der Waals surface area (Å²) in [5.74, 6) is 0.0991. The molecule has 0 heterocycles. The fourth-order valence-electron chi connectivity index (χ4n) is 2.02. The van der Waals surface area contributed by atoms with Crippen LogP contribution in [0, 0.1) is 5.41 Å². The monoisotopic (exact) mass is 228 g/mol. The fraction of sp³-hybridized carbons (Fsp3) is 0.917. The summed E-state index contributed by atoms with van der Waals surface area (Å²) >= 11 is 0. The van der Waals surface area contributed by atoms with Crippen molar-refractivity contribution in [3.63, 3.8) is 0 Å². The van der Waals surface area contributed by atoms with E-state index in [4.69, 9.17) is 5.73 Å². The predicted molar refractivity (Wildman–Crippen MR) is 63.9 cm³/mol. The van der Waals surface area contributed by atoms with Crippen molar-refractivity contribution in [2.24, 2.45) is 11.1 Å². The van der Waals surface area contributed by atoms with Gasteiger partial charge >= 0.3 is 0 Å². The summed E-state index contributed by atoms with van der Waals surface area (Å²) < 4.78 is 0. The molecule has 94 valence electrons. The topological polar surface area (TPSA) is 75.3 Å². The molecule has 0 aromatic rings. The Balaban J connectivity index is 2.16. The molecule has 16 heavy (non-hydrogen) atoms. The van der Waals surface area contributed by atoms with Crippen molar-refractivity contribution in [1.29, 1.82) is 0 Å². The van der Waals surface area contributed by atoms with Crippen molar-refractivity contribution >= 4 is 5.91 Å². The summed E-state index contributed by atoms with van der Waals surface area (Å²) in [5.41, 5.74) is 5.21. The van der Waals surface area contributed by atoms with Crippen LogP contribution in [0.5, 0.6) is 0 Å². The Kier molecular flexibility index (Phi) is 4.74. The van der Waals surface area contributed by atoms with Crippen molar-refractivity contribution in [3.8, 4) is 0 Å². The Morgan fingerprint density at radius 2 is 2.12 bits per heavy atom. The predicted octanol–water partition coefficient (Wildman–Crippen LogP) is 0.781. The van der Waals surface area contributed by atoms with Gasteiger partial charge in [-0.15, -0.1) is 0 Å². The Hall–Kier alpha value is -0.610. The summed E-state index contributed by atoms with van der Waals surface area (Å²) in [5, 5.41) is 12.5. The van der Waals surface area contributed by atoms with E-state index in [1.54, 1.807) is 0 Å². The third kappa shape index (κ3) is 3.19. The van der Waals surface area contributed by atoms with Gasteiger partial charge in [0.2, 0.25) is 5.91 Å². The molecule has 0 aromatic carbocycles. The maximum Gasteiger partial charge on any atom is 0.220 e. The van der Waals surface area contributed by atoms with Crippen LogP contribution in [0.3, 0.4) is 0 Å². The molecule has 2 atom stereocenters. The molecule has 2 unspecified atom stereocenters. The Morgan fingerprint density at radius 3 is 2.62 bits per heavy atom. The molecule has 0 spiro atoms. The number of nitrogens with two attached hydrogens (primary N) is 1. The highest BCUT2D eigenvalue weighted by Crippen LogP contribution is 2.40. The quantitative estimate of drug-likeness (QED) is 0.588. The number of hydrogen-bond donors (Lipinski definition) is 3. The van der Waals surface area contributed by atoms with E-state index in [0.717, 1.165) is 19.3 Å². The zero-order chi connectivity index (χ0) is 12.2.